The van der Waals surface area contributed by atoms with Gasteiger partial charge in [0.2, 0.25) is 0 Å². The molecule has 39 heavy (non-hydrogen) atoms. The molecule has 3 aromatic carbocycles. The zero-order valence-electron chi connectivity index (χ0n) is 20.7. The number of hydrogen-bond acceptors (Lipinski definition) is 2. The first-order valence-electron chi connectivity index (χ1n) is 12.9. The summed E-state index contributed by atoms with van der Waals surface area (Å²) in [7, 11) is 0. The first kappa shape index (κ1) is 22.3. The van der Waals surface area contributed by atoms with Crippen molar-refractivity contribution in [2.24, 2.45) is 0 Å². The molecule has 2 aliphatic heterocycles. The molecule has 8 rings (SSSR count). The molecule has 2 N–H and O–H groups in total. The lowest BCUT2D eigenvalue weighted by Crippen LogP contribution is -1.83. The van der Waals surface area contributed by atoms with E-state index in [4.69, 9.17) is 9.97 Å². The maximum Gasteiger partial charge on any atom is 0.0658 e. The zero-order valence-corrected chi connectivity index (χ0v) is 22.3. The van der Waals surface area contributed by atoms with Crippen molar-refractivity contribution in [1.82, 2.24) is 19.9 Å². The zero-order chi connectivity index (χ0) is 25.9. The number of rotatable bonds is 1. The standard InChI is InChI=1S/C34H21BrN4/c35-34-32-19-28-13-11-26(38-28)17-24-9-8-23(36-24)16-25-10-12-27(37-25)18-31(39-32)33(34)29-7-3-6-22-14-20-4-1-2-5-21(20)15-30(22)29/h1-19,36,39H. The monoisotopic (exact) mass is 564 g/mol. The van der Waals surface area contributed by atoms with Gasteiger partial charge >= 0.3 is 0 Å². The quantitative estimate of drug-likeness (QED) is 0.195. The van der Waals surface area contributed by atoms with Gasteiger partial charge in [0.25, 0.3) is 0 Å². The minimum absolute atomic E-state index is 0.893. The number of halogens is 1. The lowest BCUT2D eigenvalue weighted by Gasteiger charge is -2.09. The van der Waals surface area contributed by atoms with Crippen molar-refractivity contribution in [3.63, 3.8) is 0 Å². The van der Waals surface area contributed by atoms with Gasteiger partial charge in [0.1, 0.15) is 0 Å². The third-order valence-electron chi connectivity index (χ3n) is 7.30. The molecule has 2 aliphatic rings. The fourth-order valence-electron chi connectivity index (χ4n) is 5.49. The summed E-state index contributed by atoms with van der Waals surface area (Å²) in [5.74, 6) is 0. The number of fused-ring (bicyclic) bond motifs is 10. The van der Waals surface area contributed by atoms with Gasteiger partial charge in [-0.15, -0.1) is 0 Å². The molecule has 0 unspecified atom stereocenters. The SMILES string of the molecule is Brc1c(-c2cccc3cc4ccccc4cc23)c2cc3nc(cc4ccc(cc5nc(cc1[nH]2)C=C5)[nH]4)C=C3. The second-order valence-electron chi connectivity index (χ2n) is 9.90. The Labute approximate surface area is 232 Å². The van der Waals surface area contributed by atoms with Crippen molar-refractivity contribution in [2.45, 2.75) is 0 Å². The summed E-state index contributed by atoms with van der Waals surface area (Å²) < 4.78 is 0.999. The lowest BCUT2D eigenvalue weighted by atomic mass is 9.96. The first-order valence-corrected chi connectivity index (χ1v) is 13.6. The number of benzene rings is 3. The van der Waals surface area contributed by atoms with Crippen LogP contribution < -0.4 is 0 Å². The van der Waals surface area contributed by atoms with Crippen LogP contribution in [-0.2, 0) is 0 Å². The van der Waals surface area contributed by atoms with Gasteiger partial charge in [0, 0.05) is 22.1 Å². The average Bonchev–Trinajstić information content (AvgIpc) is 3.73. The van der Waals surface area contributed by atoms with Gasteiger partial charge in [0.15, 0.2) is 0 Å². The van der Waals surface area contributed by atoms with E-state index in [2.05, 4.69) is 123 Å². The largest absolute Gasteiger partial charge is 0.355 e. The molecule has 8 bridgehead atoms. The predicted octanol–water partition coefficient (Wildman–Crippen LogP) is 9.39. The minimum Gasteiger partial charge on any atom is -0.355 e. The van der Waals surface area contributed by atoms with E-state index in [1.807, 2.05) is 18.2 Å². The van der Waals surface area contributed by atoms with Crippen LogP contribution in [0, 0.1) is 0 Å². The summed E-state index contributed by atoms with van der Waals surface area (Å²) >= 11 is 3.97. The van der Waals surface area contributed by atoms with Crippen LogP contribution in [0.15, 0.2) is 95.5 Å². The Kier molecular flexibility index (Phi) is 4.94. The molecule has 5 heterocycles. The number of aromatic amines is 2. The van der Waals surface area contributed by atoms with Gasteiger partial charge in [-0.1, -0.05) is 42.5 Å². The van der Waals surface area contributed by atoms with Crippen LogP contribution in [0.1, 0.15) is 22.8 Å². The molecule has 0 spiro atoms. The lowest BCUT2D eigenvalue weighted by molar-refractivity contribution is 1.31. The predicted molar refractivity (Wildman–Crippen MR) is 167 cm³/mol. The highest BCUT2D eigenvalue weighted by Crippen LogP contribution is 2.40. The first-order chi connectivity index (χ1) is 19.2. The van der Waals surface area contributed by atoms with Crippen molar-refractivity contribution in [3.8, 4) is 11.1 Å². The van der Waals surface area contributed by atoms with Crippen molar-refractivity contribution in [2.75, 3.05) is 0 Å². The molecular weight excluding hydrogens is 544 g/mol. The molecule has 184 valence electrons. The molecule has 0 saturated heterocycles. The Morgan fingerprint density at radius 2 is 1.10 bits per heavy atom. The van der Waals surface area contributed by atoms with Crippen molar-refractivity contribution < 1.29 is 0 Å². The Bertz CT molecular complexity index is 2200. The van der Waals surface area contributed by atoms with E-state index in [0.717, 1.165) is 60.4 Å². The molecule has 0 fully saturated rings. The number of H-pyrrole nitrogens is 2. The second-order valence-corrected chi connectivity index (χ2v) is 10.7. The molecule has 0 amide bonds. The molecule has 6 aromatic rings. The van der Waals surface area contributed by atoms with Crippen molar-refractivity contribution in [3.05, 3.63) is 118 Å². The van der Waals surface area contributed by atoms with Crippen LogP contribution in [0.4, 0.5) is 0 Å². The van der Waals surface area contributed by atoms with E-state index >= 15 is 0 Å². The highest BCUT2D eigenvalue weighted by molar-refractivity contribution is 9.10. The summed E-state index contributed by atoms with van der Waals surface area (Å²) in [5.41, 5.74) is 9.83. The molecule has 5 heteroatoms. The molecule has 4 nitrogen and oxygen atoms in total. The maximum atomic E-state index is 4.89. The maximum absolute atomic E-state index is 4.89. The smallest absolute Gasteiger partial charge is 0.0658 e. The fourth-order valence-corrected chi connectivity index (χ4v) is 6.13. The third-order valence-corrected chi connectivity index (χ3v) is 8.12. The van der Waals surface area contributed by atoms with Gasteiger partial charge in [0.05, 0.1) is 32.8 Å². The van der Waals surface area contributed by atoms with Gasteiger partial charge in [-0.2, -0.15) is 0 Å². The summed E-state index contributed by atoms with van der Waals surface area (Å²) in [6, 6.07) is 32.0. The van der Waals surface area contributed by atoms with Gasteiger partial charge in [-0.25, -0.2) is 9.97 Å². The van der Waals surface area contributed by atoms with E-state index in [1.54, 1.807) is 0 Å². The van der Waals surface area contributed by atoms with Crippen molar-refractivity contribution >= 4 is 83.8 Å². The Morgan fingerprint density at radius 1 is 0.513 bits per heavy atom. The fraction of sp³-hybridized carbons (Fsp3) is 0. The van der Waals surface area contributed by atoms with E-state index in [9.17, 15) is 0 Å². The highest BCUT2D eigenvalue weighted by Gasteiger charge is 2.15. The number of nitrogens with zero attached hydrogens (tertiary/aromatic N) is 2. The van der Waals surface area contributed by atoms with Crippen LogP contribution >= 0.6 is 15.9 Å². The normalized spacial score (nSPS) is 12.5. The number of nitrogens with one attached hydrogen (secondary N) is 2. The highest BCUT2D eigenvalue weighted by atomic mass is 79.9. The topological polar surface area (TPSA) is 57.4 Å². The van der Waals surface area contributed by atoms with E-state index in [-0.39, 0.29) is 0 Å². The summed E-state index contributed by atoms with van der Waals surface area (Å²) in [6.07, 6.45) is 8.20. The minimum atomic E-state index is 0.893. The average molecular weight is 565 g/mol. The molecule has 0 atom stereocenters. The van der Waals surface area contributed by atoms with Gasteiger partial charge in [-0.3, -0.25) is 0 Å². The third kappa shape index (κ3) is 3.90. The second kappa shape index (κ2) is 8.65. The van der Waals surface area contributed by atoms with Crippen LogP contribution in [0.2, 0.25) is 0 Å². The van der Waals surface area contributed by atoms with Gasteiger partial charge < -0.3 is 9.97 Å². The van der Waals surface area contributed by atoms with Crippen molar-refractivity contribution in [1.29, 1.82) is 0 Å². The molecule has 0 saturated carbocycles. The summed E-state index contributed by atoms with van der Waals surface area (Å²) in [5, 5.41) is 4.88. The molecular formula is C34H21BrN4. The van der Waals surface area contributed by atoms with Crippen LogP contribution in [0.25, 0.3) is 79.0 Å². The van der Waals surface area contributed by atoms with E-state index in [0.29, 0.717) is 0 Å². The molecule has 0 radical (unpaired) electrons. The Hall–Kier alpha value is -4.74. The van der Waals surface area contributed by atoms with Crippen LogP contribution in [0.5, 0.6) is 0 Å². The number of aromatic nitrogens is 4. The number of hydrogen-bond donors (Lipinski definition) is 2. The van der Waals surface area contributed by atoms with Gasteiger partial charge in [-0.05, 0) is 116 Å². The Balaban J connectivity index is 1.47. The van der Waals surface area contributed by atoms with E-state index < -0.39 is 0 Å². The van der Waals surface area contributed by atoms with Crippen LogP contribution in [0.3, 0.4) is 0 Å². The summed E-state index contributed by atoms with van der Waals surface area (Å²) in [4.78, 5) is 16.8. The Morgan fingerprint density at radius 3 is 1.79 bits per heavy atom. The summed E-state index contributed by atoms with van der Waals surface area (Å²) in [6.45, 7) is 0. The molecule has 3 aromatic heterocycles. The molecule has 0 aliphatic carbocycles. The van der Waals surface area contributed by atoms with E-state index in [1.165, 1.54) is 21.5 Å². The van der Waals surface area contributed by atoms with Crippen LogP contribution in [-0.4, -0.2) is 19.9 Å².